The van der Waals surface area contributed by atoms with E-state index in [-0.39, 0.29) is 18.3 Å². The molecule has 1 aromatic rings. The van der Waals surface area contributed by atoms with Gasteiger partial charge in [-0.05, 0) is 18.1 Å². The van der Waals surface area contributed by atoms with Crippen LogP contribution < -0.4 is 10.5 Å². The number of amides is 3. The molecule has 0 saturated carbocycles. The van der Waals surface area contributed by atoms with Crippen LogP contribution in [0.2, 0.25) is 0 Å². The van der Waals surface area contributed by atoms with Crippen LogP contribution in [0.3, 0.4) is 0 Å². The lowest BCUT2D eigenvalue weighted by atomic mass is 10.1. The first-order chi connectivity index (χ1) is 12.0. The van der Waals surface area contributed by atoms with Crippen LogP contribution in [0.25, 0.3) is 0 Å². The van der Waals surface area contributed by atoms with Crippen LogP contribution in [0.5, 0.6) is 5.75 Å². The van der Waals surface area contributed by atoms with Gasteiger partial charge in [0.25, 0.3) is 27.8 Å². The average molecular weight is 383 g/mol. The second-order valence-electron chi connectivity index (χ2n) is 5.94. The third-order valence-corrected chi connectivity index (χ3v) is 4.26. The number of carbonyl (C=O) groups is 3. The molecule has 1 aromatic carbocycles. The number of nitrogens with zero attached hydrogens (tertiary/aromatic N) is 2. The Bertz CT molecular complexity index is 893. The van der Waals surface area contributed by atoms with E-state index in [9.17, 15) is 27.4 Å². The predicted molar refractivity (Wildman–Crippen MR) is 89.2 cm³/mol. The summed E-state index contributed by atoms with van der Waals surface area (Å²) < 4.78 is 38.2. The first-order valence-corrected chi connectivity index (χ1v) is 8.90. The van der Waals surface area contributed by atoms with Gasteiger partial charge in [0.05, 0.1) is 12.2 Å². The summed E-state index contributed by atoms with van der Waals surface area (Å²) in [6, 6.07) is 1.75. The molecule has 2 rings (SSSR count). The standard InChI is InChI=1S/C15H17N3O7S/c1-8(2)6-25-9-3-4-10(11(5-9)26(22,23)24)15(21)18-7-17-14(20)12(18)13(16)19/h3-5,7-8,12H,6H2,1-2H3,(H2,16,19)(H,22,23,24). The van der Waals surface area contributed by atoms with Gasteiger partial charge in [0.15, 0.2) is 6.04 Å². The van der Waals surface area contributed by atoms with Gasteiger partial charge < -0.3 is 10.5 Å². The van der Waals surface area contributed by atoms with Gasteiger partial charge in [0, 0.05) is 6.07 Å². The molecular weight excluding hydrogens is 366 g/mol. The van der Waals surface area contributed by atoms with Crippen LogP contribution in [0.4, 0.5) is 0 Å². The Morgan fingerprint density at radius 3 is 2.58 bits per heavy atom. The Kier molecular flexibility index (Phi) is 5.42. The highest BCUT2D eigenvalue weighted by molar-refractivity contribution is 7.86. The Hall–Kier alpha value is -2.79. The van der Waals surface area contributed by atoms with Gasteiger partial charge in [-0.3, -0.25) is 23.8 Å². The van der Waals surface area contributed by atoms with Gasteiger partial charge >= 0.3 is 0 Å². The molecule has 1 aliphatic heterocycles. The molecule has 0 aromatic heterocycles. The van der Waals surface area contributed by atoms with Crippen LogP contribution in [0.1, 0.15) is 24.2 Å². The second-order valence-corrected chi connectivity index (χ2v) is 7.33. The second kappa shape index (κ2) is 7.22. The van der Waals surface area contributed by atoms with Crippen molar-refractivity contribution < 1.29 is 32.1 Å². The summed E-state index contributed by atoms with van der Waals surface area (Å²) in [5.74, 6) is -2.82. The molecule has 3 N–H and O–H groups in total. The summed E-state index contributed by atoms with van der Waals surface area (Å²) in [6.45, 7) is 4.06. The van der Waals surface area contributed by atoms with E-state index in [0.29, 0.717) is 4.90 Å². The fourth-order valence-electron chi connectivity index (χ4n) is 2.19. The molecule has 140 valence electrons. The fourth-order valence-corrected chi connectivity index (χ4v) is 2.89. The first-order valence-electron chi connectivity index (χ1n) is 7.46. The van der Waals surface area contributed by atoms with Gasteiger partial charge in [0.1, 0.15) is 17.0 Å². The van der Waals surface area contributed by atoms with Crippen LogP contribution >= 0.6 is 0 Å². The summed E-state index contributed by atoms with van der Waals surface area (Å²) in [4.78, 5) is 38.8. The molecule has 0 aliphatic carbocycles. The molecule has 26 heavy (non-hydrogen) atoms. The fraction of sp³-hybridized carbons (Fsp3) is 0.333. The third kappa shape index (κ3) is 4.06. The number of ether oxygens (including phenoxy) is 1. The van der Waals surface area contributed by atoms with Crippen molar-refractivity contribution in [3.63, 3.8) is 0 Å². The molecule has 1 atom stereocenters. The molecule has 10 nitrogen and oxygen atoms in total. The maximum absolute atomic E-state index is 12.6. The monoisotopic (exact) mass is 383 g/mol. The van der Waals surface area contributed by atoms with Crippen molar-refractivity contribution >= 4 is 34.2 Å². The normalized spacial score (nSPS) is 17.0. The summed E-state index contributed by atoms with van der Waals surface area (Å²) in [6.07, 6.45) is 0.789. The average Bonchev–Trinajstić information content (AvgIpc) is 2.93. The van der Waals surface area contributed by atoms with Crippen molar-refractivity contribution in [1.29, 1.82) is 0 Å². The van der Waals surface area contributed by atoms with E-state index in [1.807, 2.05) is 13.8 Å². The lowest BCUT2D eigenvalue weighted by molar-refractivity contribution is -0.129. The zero-order valence-electron chi connectivity index (χ0n) is 13.9. The number of nitrogens with two attached hydrogens (primary N) is 1. The topological polar surface area (TPSA) is 156 Å². The highest BCUT2D eigenvalue weighted by Crippen LogP contribution is 2.25. The minimum Gasteiger partial charge on any atom is -0.493 e. The smallest absolute Gasteiger partial charge is 0.295 e. The van der Waals surface area contributed by atoms with Crippen molar-refractivity contribution in [2.24, 2.45) is 16.6 Å². The largest absolute Gasteiger partial charge is 0.493 e. The van der Waals surface area contributed by atoms with E-state index >= 15 is 0 Å². The number of hydrogen-bond acceptors (Lipinski definition) is 6. The van der Waals surface area contributed by atoms with E-state index in [1.54, 1.807) is 0 Å². The van der Waals surface area contributed by atoms with E-state index < -0.39 is 44.3 Å². The van der Waals surface area contributed by atoms with Gasteiger partial charge in [-0.2, -0.15) is 8.42 Å². The highest BCUT2D eigenvalue weighted by Gasteiger charge is 2.39. The van der Waals surface area contributed by atoms with Crippen LogP contribution in [0.15, 0.2) is 28.1 Å². The van der Waals surface area contributed by atoms with Crippen molar-refractivity contribution in [3.05, 3.63) is 23.8 Å². The minimum atomic E-state index is -4.79. The number of benzene rings is 1. The predicted octanol–water partition coefficient (Wildman–Crippen LogP) is -0.167. The summed E-state index contributed by atoms with van der Waals surface area (Å²) in [5.41, 5.74) is 4.63. The maximum atomic E-state index is 12.6. The number of rotatable bonds is 6. The summed E-state index contributed by atoms with van der Waals surface area (Å²) in [5, 5.41) is 0. The Morgan fingerprint density at radius 2 is 2.04 bits per heavy atom. The van der Waals surface area contributed by atoms with Gasteiger partial charge in [-0.15, -0.1) is 0 Å². The van der Waals surface area contributed by atoms with Crippen LogP contribution in [-0.4, -0.2) is 54.6 Å². The molecule has 0 spiro atoms. The Morgan fingerprint density at radius 1 is 1.38 bits per heavy atom. The lowest BCUT2D eigenvalue weighted by Gasteiger charge is -2.19. The number of primary amides is 1. The molecule has 11 heteroatoms. The van der Waals surface area contributed by atoms with Crippen molar-refractivity contribution in [2.45, 2.75) is 24.8 Å². The van der Waals surface area contributed by atoms with Gasteiger partial charge in [0.2, 0.25) is 0 Å². The molecule has 0 bridgehead atoms. The molecule has 1 unspecified atom stereocenters. The molecule has 0 fully saturated rings. The molecular formula is C15H17N3O7S. The SMILES string of the molecule is CC(C)COc1ccc(C(=O)N2C=NC(=O)C2C(N)=O)c(S(=O)(=O)O)c1. The zero-order chi connectivity index (χ0) is 19.6. The maximum Gasteiger partial charge on any atom is 0.295 e. The van der Waals surface area contributed by atoms with Crippen molar-refractivity contribution in [1.82, 2.24) is 4.90 Å². The quantitative estimate of drug-likeness (QED) is 0.510. The summed E-state index contributed by atoms with van der Waals surface area (Å²) in [7, 11) is -4.79. The first kappa shape index (κ1) is 19.5. The Labute approximate surface area is 149 Å². The van der Waals surface area contributed by atoms with Crippen LogP contribution in [-0.2, 0) is 19.7 Å². The van der Waals surface area contributed by atoms with Gasteiger partial charge in [-0.25, -0.2) is 4.99 Å². The van der Waals surface area contributed by atoms with E-state index in [4.69, 9.17) is 10.5 Å². The summed E-state index contributed by atoms with van der Waals surface area (Å²) >= 11 is 0. The van der Waals surface area contributed by atoms with E-state index in [2.05, 4.69) is 4.99 Å². The van der Waals surface area contributed by atoms with E-state index in [0.717, 1.165) is 18.5 Å². The number of hydrogen-bond donors (Lipinski definition) is 2. The number of carbonyl (C=O) groups excluding carboxylic acids is 3. The highest BCUT2D eigenvalue weighted by atomic mass is 32.2. The molecule has 3 amide bonds. The molecule has 0 saturated heterocycles. The Balaban J connectivity index is 2.45. The van der Waals surface area contributed by atoms with E-state index in [1.165, 1.54) is 6.07 Å². The van der Waals surface area contributed by atoms with Crippen LogP contribution in [0, 0.1) is 5.92 Å². The lowest BCUT2D eigenvalue weighted by Crippen LogP contribution is -2.47. The molecule has 1 heterocycles. The van der Waals surface area contributed by atoms with Crippen molar-refractivity contribution in [2.75, 3.05) is 6.61 Å². The minimum absolute atomic E-state index is 0.125. The van der Waals surface area contributed by atoms with Crippen molar-refractivity contribution in [3.8, 4) is 5.75 Å². The third-order valence-electron chi connectivity index (χ3n) is 3.37. The number of aliphatic imine (C=N–C) groups is 1. The molecule has 0 radical (unpaired) electrons. The molecule has 1 aliphatic rings. The zero-order valence-corrected chi connectivity index (χ0v) is 14.8. The van der Waals surface area contributed by atoms with Gasteiger partial charge in [-0.1, -0.05) is 13.8 Å².